The largest absolute Gasteiger partial charge is 0.507 e. The average Bonchev–Trinajstić information content (AvgIpc) is 1.59. The second-order valence-corrected chi connectivity index (χ2v) is 40.2. The Balaban J connectivity index is 0.000000188. The van der Waals surface area contributed by atoms with Crippen LogP contribution in [0.25, 0.3) is 167 Å². The fraction of sp³-hybridized carbons (Fsp3) is 0.233. The maximum absolute atomic E-state index is 11.1. The first-order valence-corrected chi connectivity index (χ1v) is 45.4. The van der Waals surface area contributed by atoms with Gasteiger partial charge in [-0.1, -0.05) is 313 Å². The first-order valence-electron chi connectivity index (χ1n) is 45.4. The van der Waals surface area contributed by atoms with Gasteiger partial charge in [-0.05, 0) is 250 Å². The molecule has 9 heteroatoms. The quantitative estimate of drug-likeness (QED) is 0.0935. The number of pyridine rings is 4. The normalized spacial score (nSPS) is 12.2. The smallest absolute Gasteiger partial charge is 0.124 e. The SMILES string of the molecule is CC(C)c1cc(-n2c3ccccc3c3ccccc32)cc(C(C)C)c1-c1ccnc(-c2[c-]c(-c3cc(-c4cc(C(C)(C)C)cc(C(C)(C)C)c4)cc(-c4ccccc4O)n3)ccc2)c1.CC(C)c1cc(-n2c3ccccc3c3ccccc32)cc(C(C)C)c1-c1ccnc(-c2cccc(-c3cc(-c4cc(C(C)(C)C)cc(C(C)(C)C)c4)cc(-c4ccccc4O)n3)c2)c1.[Pt]. The van der Waals surface area contributed by atoms with E-state index in [2.05, 4.69) is 402 Å². The molecule has 18 aromatic rings. The molecule has 0 unspecified atom stereocenters. The predicted octanol–water partition coefficient (Wildman–Crippen LogP) is 32.7. The van der Waals surface area contributed by atoms with Crippen molar-refractivity contribution < 1.29 is 31.3 Å². The standard InChI is InChI=1S/C60H59N3O.C60H58N3O.Pt/c2*1-37(2)50-35-46(63-55-23-14-11-20-47(55)48-21-12-15-24-56(48)63)36-51(38(3)4)58(50)41-26-27-61-52(31-41)39-18-17-19-40(28-39)53-32-43(33-54(62-53)49-22-13-16-25-57(49)64)42-29-44(59(5,6)7)34-45(30-42)60(8,9)10;/h11-38,64H,1-10H3;11-27,29-38,64H,1-10H3;/q;-1;. The number of phenolic OH excluding ortho intramolecular Hbond substituents is 2. The Morgan fingerprint density at radius 1 is 0.264 bits per heavy atom. The van der Waals surface area contributed by atoms with E-state index in [1.165, 1.54) is 111 Å². The third kappa shape index (κ3) is 18.1. The van der Waals surface area contributed by atoms with Gasteiger partial charge in [0.15, 0.2) is 0 Å². The van der Waals surface area contributed by atoms with Crippen molar-refractivity contribution in [3.05, 3.63) is 360 Å². The zero-order valence-electron chi connectivity index (χ0n) is 78.1. The van der Waals surface area contributed by atoms with Crippen LogP contribution in [-0.2, 0) is 42.7 Å². The molecule has 0 aliphatic carbocycles. The van der Waals surface area contributed by atoms with Crippen molar-refractivity contribution in [1.29, 1.82) is 0 Å². The average molecular weight is 1870 g/mol. The van der Waals surface area contributed by atoms with Gasteiger partial charge in [0.2, 0.25) is 0 Å². The Kier molecular flexibility index (Phi) is 24.7. The Hall–Kier alpha value is -12.9. The molecule has 0 aliphatic heterocycles. The Bertz CT molecular complexity index is 6620. The zero-order valence-corrected chi connectivity index (χ0v) is 80.4. The minimum absolute atomic E-state index is 0. The summed E-state index contributed by atoms with van der Waals surface area (Å²) in [6.45, 7) is 45.6. The molecule has 0 aliphatic rings. The molecule has 0 bridgehead atoms. The number of rotatable bonds is 16. The van der Waals surface area contributed by atoms with E-state index < -0.39 is 0 Å². The monoisotopic (exact) mass is 1870 g/mol. The van der Waals surface area contributed by atoms with Gasteiger partial charge in [-0.25, -0.2) is 4.98 Å². The Morgan fingerprint density at radius 3 is 0.930 bits per heavy atom. The van der Waals surface area contributed by atoms with E-state index in [0.29, 0.717) is 16.8 Å². The molecule has 0 atom stereocenters. The topological polar surface area (TPSA) is 102 Å². The van der Waals surface area contributed by atoms with Crippen molar-refractivity contribution in [3.63, 3.8) is 0 Å². The summed E-state index contributed by atoms with van der Waals surface area (Å²) < 4.78 is 4.87. The van der Waals surface area contributed by atoms with Gasteiger partial charge < -0.3 is 19.3 Å². The Morgan fingerprint density at radius 2 is 0.558 bits per heavy atom. The molecule has 129 heavy (non-hydrogen) atoms. The van der Waals surface area contributed by atoms with E-state index in [9.17, 15) is 10.2 Å². The maximum Gasteiger partial charge on any atom is 0.124 e. The summed E-state index contributed by atoms with van der Waals surface area (Å²) in [6.07, 6.45) is 3.89. The van der Waals surface area contributed by atoms with E-state index in [1.54, 1.807) is 12.1 Å². The van der Waals surface area contributed by atoms with Gasteiger partial charge in [-0.15, -0.1) is 24.3 Å². The molecular weight excluding hydrogens is 1750 g/mol. The van der Waals surface area contributed by atoms with Crippen molar-refractivity contribution in [3.8, 4) is 135 Å². The van der Waals surface area contributed by atoms with E-state index in [0.717, 1.165) is 84.1 Å². The predicted molar refractivity (Wildman–Crippen MR) is 540 cm³/mol. The maximum atomic E-state index is 11.1. The fourth-order valence-electron chi connectivity index (χ4n) is 18.2. The van der Waals surface area contributed by atoms with Crippen LogP contribution in [0, 0.1) is 6.07 Å². The number of hydrogen-bond donors (Lipinski definition) is 2. The van der Waals surface area contributed by atoms with Gasteiger partial charge in [0, 0.05) is 100 Å². The number of hydrogen-bond acceptors (Lipinski definition) is 6. The van der Waals surface area contributed by atoms with Gasteiger partial charge in [0.1, 0.15) is 11.5 Å². The molecule has 8 nitrogen and oxygen atoms in total. The van der Waals surface area contributed by atoms with E-state index in [4.69, 9.17) is 19.9 Å². The molecule has 0 spiro atoms. The van der Waals surface area contributed by atoms with Crippen LogP contribution in [0.5, 0.6) is 11.5 Å². The molecular formula is C120H117N6O2Pt-. The van der Waals surface area contributed by atoms with Crippen LogP contribution in [0.15, 0.2) is 310 Å². The molecule has 2 N–H and O–H groups in total. The van der Waals surface area contributed by atoms with Gasteiger partial charge in [-0.3, -0.25) is 15.0 Å². The zero-order chi connectivity index (χ0) is 90.2. The van der Waals surface area contributed by atoms with Crippen LogP contribution in [0.2, 0.25) is 0 Å². The van der Waals surface area contributed by atoms with Crippen LogP contribution in [0.4, 0.5) is 0 Å². The minimum Gasteiger partial charge on any atom is -0.507 e. The van der Waals surface area contributed by atoms with E-state index in [1.807, 2.05) is 48.8 Å². The van der Waals surface area contributed by atoms with Gasteiger partial charge >= 0.3 is 0 Å². The molecule has 0 saturated heterocycles. The van der Waals surface area contributed by atoms with Crippen molar-refractivity contribution in [2.45, 2.75) is 184 Å². The van der Waals surface area contributed by atoms with Gasteiger partial charge in [0.05, 0.1) is 44.8 Å². The van der Waals surface area contributed by atoms with Crippen molar-refractivity contribution in [2.24, 2.45) is 0 Å². The number of benzene rings is 12. The summed E-state index contributed by atoms with van der Waals surface area (Å²) in [4.78, 5) is 20.4. The fourth-order valence-corrected chi connectivity index (χ4v) is 18.2. The van der Waals surface area contributed by atoms with Gasteiger partial charge in [-0.2, -0.15) is 0 Å². The number of para-hydroxylation sites is 6. The summed E-state index contributed by atoms with van der Waals surface area (Å²) in [6, 6.07) is 109. The van der Waals surface area contributed by atoms with Crippen molar-refractivity contribution >= 4 is 43.6 Å². The van der Waals surface area contributed by atoms with Crippen LogP contribution in [-0.4, -0.2) is 39.3 Å². The molecule has 0 radical (unpaired) electrons. The van der Waals surface area contributed by atoms with Crippen LogP contribution >= 0.6 is 0 Å². The van der Waals surface area contributed by atoms with Crippen LogP contribution < -0.4 is 0 Å². The second-order valence-electron chi connectivity index (χ2n) is 40.2. The third-order valence-corrected chi connectivity index (χ3v) is 25.4. The number of fused-ring (bicyclic) bond motifs is 6. The number of nitrogens with zero attached hydrogens (tertiary/aromatic N) is 6. The first kappa shape index (κ1) is 89.5. The summed E-state index contributed by atoms with van der Waals surface area (Å²) in [5.74, 6) is 1.50. The molecule has 0 amide bonds. The summed E-state index contributed by atoms with van der Waals surface area (Å²) >= 11 is 0. The molecule has 650 valence electrons. The second kappa shape index (κ2) is 35.6. The first-order chi connectivity index (χ1) is 61.1. The van der Waals surface area contributed by atoms with Gasteiger partial charge in [0.25, 0.3) is 0 Å². The minimum atomic E-state index is -0.0453. The van der Waals surface area contributed by atoms with Crippen LogP contribution in [0.1, 0.15) is 207 Å². The van der Waals surface area contributed by atoms with E-state index >= 15 is 0 Å². The van der Waals surface area contributed by atoms with Crippen molar-refractivity contribution in [1.82, 2.24) is 29.1 Å². The molecule has 12 aromatic carbocycles. The van der Waals surface area contributed by atoms with Crippen LogP contribution in [0.3, 0.4) is 0 Å². The van der Waals surface area contributed by atoms with Crippen molar-refractivity contribution in [2.75, 3.05) is 0 Å². The molecule has 6 aromatic heterocycles. The van der Waals surface area contributed by atoms with E-state index in [-0.39, 0.29) is 77.9 Å². The molecule has 0 saturated carbocycles. The molecule has 0 fully saturated rings. The summed E-state index contributed by atoms with van der Waals surface area (Å²) in [5, 5.41) is 27.3. The number of phenols is 2. The number of aromatic nitrogens is 6. The molecule has 18 rings (SSSR count). The third-order valence-electron chi connectivity index (χ3n) is 25.4. The summed E-state index contributed by atoms with van der Waals surface area (Å²) in [7, 11) is 0. The summed E-state index contributed by atoms with van der Waals surface area (Å²) in [5.41, 5.74) is 36.5. The number of aromatic hydroxyl groups is 2. The molecule has 6 heterocycles. The Labute approximate surface area is 777 Å².